The third-order valence-electron chi connectivity index (χ3n) is 4.09. The van der Waals surface area contributed by atoms with E-state index in [1.54, 1.807) is 0 Å². The lowest BCUT2D eigenvalue weighted by Crippen LogP contribution is -2.55. The number of rotatable bonds is 4. The van der Waals surface area contributed by atoms with Crippen LogP contribution in [-0.2, 0) is 4.79 Å². The predicted octanol–water partition coefficient (Wildman–Crippen LogP) is 2.02. The van der Waals surface area contributed by atoms with Crippen LogP contribution in [0.3, 0.4) is 0 Å². The highest BCUT2D eigenvalue weighted by Gasteiger charge is 2.41. The zero-order valence-corrected chi connectivity index (χ0v) is 10.9. The first-order valence-corrected chi connectivity index (χ1v) is 6.75. The first-order chi connectivity index (χ1) is 8.43. The number of carbonyl (C=O) groups excluding carboxylic acids is 1. The van der Waals surface area contributed by atoms with Crippen molar-refractivity contribution < 1.29 is 14.7 Å². The van der Waals surface area contributed by atoms with Crippen LogP contribution in [0.1, 0.15) is 58.3 Å². The Hall–Kier alpha value is -1.26. The fourth-order valence-corrected chi connectivity index (χ4v) is 2.72. The van der Waals surface area contributed by atoms with E-state index < -0.39 is 11.5 Å². The molecule has 18 heavy (non-hydrogen) atoms. The third-order valence-corrected chi connectivity index (χ3v) is 4.09. The van der Waals surface area contributed by atoms with E-state index in [1.807, 2.05) is 6.92 Å². The Morgan fingerprint density at radius 2 is 1.67 bits per heavy atom. The maximum Gasteiger partial charge on any atom is 0.315 e. The van der Waals surface area contributed by atoms with Gasteiger partial charge < -0.3 is 15.7 Å². The van der Waals surface area contributed by atoms with Crippen molar-refractivity contribution in [3.05, 3.63) is 0 Å². The molecule has 5 heteroatoms. The zero-order chi connectivity index (χ0) is 13.2. The van der Waals surface area contributed by atoms with E-state index in [4.69, 9.17) is 5.11 Å². The molecule has 0 bridgehead atoms. The fraction of sp³-hybridized carbons (Fsp3) is 0.846. The summed E-state index contributed by atoms with van der Waals surface area (Å²) in [6, 6.07) is -0.210. The van der Waals surface area contributed by atoms with Gasteiger partial charge in [-0.25, -0.2) is 4.79 Å². The smallest absolute Gasteiger partial charge is 0.315 e. The largest absolute Gasteiger partial charge is 0.481 e. The molecule has 0 unspecified atom stereocenters. The average molecular weight is 254 g/mol. The average Bonchev–Trinajstić information content (AvgIpc) is 2.94. The van der Waals surface area contributed by atoms with Gasteiger partial charge in [-0.2, -0.15) is 0 Å². The summed E-state index contributed by atoms with van der Waals surface area (Å²) in [5.41, 5.74) is -0.609. The van der Waals surface area contributed by atoms with Gasteiger partial charge in [-0.05, 0) is 32.6 Å². The molecule has 5 nitrogen and oxygen atoms in total. The van der Waals surface area contributed by atoms with Gasteiger partial charge in [0.15, 0.2) is 0 Å². The summed E-state index contributed by atoms with van der Waals surface area (Å²) in [7, 11) is 0. The summed E-state index contributed by atoms with van der Waals surface area (Å²) in [5.74, 6) is -0.838. The van der Waals surface area contributed by atoms with Crippen LogP contribution in [0.15, 0.2) is 0 Å². The molecule has 2 amide bonds. The molecular formula is C13H22N2O3. The number of hydrogen-bond acceptors (Lipinski definition) is 2. The lowest BCUT2D eigenvalue weighted by Gasteiger charge is -2.37. The highest BCUT2D eigenvalue weighted by Crippen LogP contribution is 2.35. The molecule has 0 aromatic rings. The molecular weight excluding hydrogens is 232 g/mol. The van der Waals surface area contributed by atoms with E-state index in [0.29, 0.717) is 0 Å². The van der Waals surface area contributed by atoms with Crippen LogP contribution in [0.5, 0.6) is 0 Å². The minimum atomic E-state index is -0.838. The molecule has 0 atom stereocenters. The second kappa shape index (κ2) is 4.78. The first kappa shape index (κ1) is 13.2. The Morgan fingerprint density at radius 3 is 2.17 bits per heavy atom. The van der Waals surface area contributed by atoms with E-state index in [9.17, 15) is 9.59 Å². The van der Waals surface area contributed by atoms with Crippen molar-refractivity contribution in [3.8, 4) is 0 Å². The molecule has 0 aliphatic heterocycles. The Bertz CT molecular complexity index is 344. The van der Waals surface area contributed by atoms with Gasteiger partial charge in [-0.1, -0.05) is 19.3 Å². The number of carboxylic acid groups (broad SMARTS) is 1. The Labute approximate surface area is 107 Å². The molecule has 0 aromatic heterocycles. The van der Waals surface area contributed by atoms with Crippen LogP contribution in [0.2, 0.25) is 0 Å². The number of amides is 2. The summed E-state index contributed by atoms with van der Waals surface area (Å²) in [6.07, 6.45) is 6.68. The maximum atomic E-state index is 11.9. The van der Waals surface area contributed by atoms with Crippen LogP contribution in [0.4, 0.5) is 4.79 Å². The standard InChI is InChI=1S/C13H22N2O3/c1-12(7-8-12)14-11(18)15-13(9-10(16)17)5-3-2-4-6-13/h2-9H2,1H3,(H,16,17)(H2,14,15,18). The van der Waals surface area contributed by atoms with Crippen molar-refractivity contribution in [1.82, 2.24) is 10.6 Å². The molecule has 2 rings (SSSR count). The molecule has 2 aliphatic carbocycles. The molecule has 102 valence electrons. The molecule has 2 saturated carbocycles. The van der Waals surface area contributed by atoms with Crippen molar-refractivity contribution >= 4 is 12.0 Å². The molecule has 0 aromatic carbocycles. The van der Waals surface area contributed by atoms with E-state index in [0.717, 1.165) is 44.9 Å². The van der Waals surface area contributed by atoms with Crippen molar-refractivity contribution in [2.24, 2.45) is 0 Å². The van der Waals surface area contributed by atoms with Crippen LogP contribution in [-0.4, -0.2) is 28.2 Å². The van der Waals surface area contributed by atoms with Gasteiger partial charge in [0.05, 0.1) is 12.0 Å². The summed E-state index contributed by atoms with van der Waals surface area (Å²) >= 11 is 0. The Balaban J connectivity index is 1.95. The van der Waals surface area contributed by atoms with Gasteiger partial charge in [0.25, 0.3) is 0 Å². The van der Waals surface area contributed by atoms with Gasteiger partial charge in [0.1, 0.15) is 0 Å². The Morgan fingerprint density at radius 1 is 1.06 bits per heavy atom. The lowest BCUT2D eigenvalue weighted by atomic mass is 9.79. The lowest BCUT2D eigenvalue weighted by molar-refractivity contribution is -0.139. The maximum absolute atomic E-state index is 11.9. The van der Waals surface area contributed by atoms with E-state index in [2.05, 4.69) is 10.6 Å². The number of carbonyl (C=O) groups is 2. The van der Waals surface area contributed by atoms with Crippen molar-refractivity contribution in [1.29, 1.82) is 0 Å². The summed E-state index contributed by atoms with van der Waals surface area (Å²) in [6.45, 7) is 2.01. The minimum absolute atomic E-state index is 0.0249. The molecule has 0 heterocycles. The SMILES string of the molecule is CC1(NC(=O)NC2(CC(=O)O)CCCCC2)CC1. The summed E-state index contributed by atoms with van der Waals surface area (Å²) in [4.78, 5) is 22.9. The van der Waals surface area contributed by atoms with Crippen LogP contribution < -0.4 is 10.6 Å². The van der Waals surface area contributed by atoms with Crippen molar-refractivity contribution in [2.75, 3.05) is 0 Å². The van der Waals surface area contributed by atoms with Gasteiger partial charge >= 0.3 is 12.0 Å². The number of urea groups is 1. The highest BCUT2D eigenvalue weighted by molar-refractivity contribution is 5.77. The monoisotopic (exact) mass is 254 g/mol. The van der Waals surface area contributed by atoms with E-state index in [1.165, 1.54) is 0 Å². The van der Waals surface area contributed by atoms with Crippen molar-refractivity contribution in [3.63, 3.8) is 0 Å². The summed E-state index contributed by atoms with van der Waals surface area (Å²) in [5, 5.41) is 14.9. The van der Waals surface area contributed by atoms with Gasteiger partial charge in [-0.3, -0.25) is 4.79 Å². The number of nitrogens with one attached hydrogen (secondary N) is 2. The van der Waals surface area contributed by atoms with Gasteiger partial charge in [0, 0.05) is 5.54 Å². The molecule has 2 aliphatic rings. The number of aliphatic carboxylic acids is 1. The third kappa shape index (κ3) is 3.37. The van der Waals surface area contributed by atoms with E-state index >= 15 is 0 Å². The zero-order valence-electron chi connectivity index (χ0n) is 10.9. The summed E-state index contributed by atoms with van der Waals surface area (Å²) < 4.78 is 0. The number of hydrogen-bond donors (Lipinski definition) is 3. The molecule has 0 radical (unpaired) electrons. The number of carboxylic acids is 1. The second-order valence-electron chi connectivity index (χ2n) is 6.05. The minimum Gasteiger partial charge on any atom is -0.481 e. The topological polar surface area (TPSA) is 78.4 Å². The van der Waals surface area contributed by atoms with Gasteiger partial charge in [-0.15, -0.1) is 0 Å². The van der Waals surface area contributed by atoms with Gasteiger partial charge in [0.2, 0.25) is 0 Å². The van der Waals surface area contributed by atoms with E-state index in [-0.39, 0.29) is 18.0 Å². The highest BCUT2D eigenvalue weighted by atomic mass is 16.4. The first-order valence-electron chi connectivity index (χ1n) is 6.75. The molecule has 2 fully saturated rings. The van der Waals surface area contributed by atoms with Crippen molar-refractivity contribution in [2.45, 2.75) is 69.4 Å². The Kier molecular flexibility index (Phi) is 3.50. The second-order valence-corrected chi connectivity index (χ2v) is 6.05. The fourth-order valence-electron chi connectivity index (χ4n) is 2.72. The van der Waals surface area contributed by atoms with Crippen LogP contribution >= 0.6 is 0 Å². The normalized spacial score (nSPS) is 24.1. The quantitative estimate of drug-likeness (QED) is 0.718. The predicted molar refractivity (Wildman–Crippen MR) is 67.4 cm³/mol. The molecule has 0 spiro atoms. The van der Waals surface area contributed by atoms with Crippen LogP contribution in [0.25, 0.3) is 0 Å². The molecule has 0 saturated heterocycles. The molecule has 3 N–H and O–H groups in total. The van der Waals surface area contributed by atoms with Crippen LogP contribution in [0, 0.1) is 0 Å².